The number of pyridine rings is 2. The Hall–Kier alpha value is -3.46. The first-order chi connectivity index (χ1) is 15.6. The summed E-state index contributed by atoms with van der Waals surface area (Å²) >= 11 is 6.03. The van der Waals surface area contributed by atoms with Crippen molar-refractivity contribution in [1.82, 2.24) is 9.97 Å². The van der Waals surface area contributed by atoms with Gasteiger partial charge in [0.15, 0.2) is 0 Å². The molecule has 2 heterocycles. The number of anilines is 1. The molecule has 1 aliphatic carbocycles. The highest BCUT2D eigenvalue weighted by atomic mass is 35.5. The second-order valence-electron chi connectivity index (χ2n) is 7.34. The number of hydrogen-bond donors (Lipinski definition) is 1. The third kappa shape index (κ3) is 4.98. The van der Waals surface area contributed by atoms with Gasteiger partial charge in [-0.25, -0.2) is 9.37 Å². The van der Waals surface area contributed by atoms with Crippen LogP contribution in [0.5, 0.6) is 5.88 Å². The van der Waals surface area contributed by atoms with Crippen LogP contribution in [0.1, 0.15) is 22.4 Å². The Labute approximate surface area is 191 Å². The number of methoxy groups -OCH3 is 1. The van der Waals surface area contributed by atoms with E-state index in [1.807, 2.05) is 6.07 Å². The number of benzene rings is 1. The van der Waals surface area contributed by atoms with Crippen LogP contribution in [0.25, 0.3) is 17.2 Å². The van der Waals surface area contributed by atoms with Gasteiger partial charge in [0.05, 0.1) is 31.1 Å². The molecule has 5 nitrogen and oxygen atoms in total. The van der Waals surface area contributed by atoms with Crippen LogP contribution >= 0.6 is 11.6 Å². The summed E-state index contributed by atoms with van der Waals surface area (Å²) in [5.41, 5.74) is 1.75. The van der Waals surface area contributed by atoms with Crippen LogP contribution in [-0.2, 0) is 23.8 Å². The Kier molecular flexibility index (Phi) is 6.07. The molecule has 1 amide bonds. The molecule has 0 atom stereocenters. The van der Waals surface area contributed by atoms with Crippen LogP contribution in [0.15, 0.2) is 47.8 Å². The smallest absolute Gasteiger partial charge is 0.421 e. The van der Waals surface area contributed by atoms with Gasteiger partial charge in [0.2, 0.25) is 11.8 Å². The highest BCUT2D eigenvalue weighted by Crippen LogP contribution is 2.36. The zero-order chi connectivity index (χ0) is 23.8. The van der Waals surface area contributed by atoms with Gasteiger partial charge in [0.25, 0.3) is 0 Å². The predicted molar refractivity (Wildman–Crippen MR) is 115 cm³/mol. The van der Waals surface area contributed by atoms with Crippen molar-refractivity contribution in [2.24, 2.45) is 0 Å². The molecule has 1 aromatic carbocycles. The summed E-state index contributed by atoms with van der Waals surface area (Å²) < 4.78 is 58.7. The molecule has 1 aliphatic rings. The van der Waals surface area contributed by atoms with Gasteiger partial charge >= 0.3 is 6.18 Å². The molecule has 2 aromatic heterocycles. The highest BCUT2D eigenvalue weighted by Gasteiger charge is 2.35. The molecule has 0 saturated carbocycles. The number of carbonyl (C=O) groups excluding carboxylic acids is 1. The van der Waals surface area contributed by atoms with Crippen molar-refractivity contribution in [1.29, 1.82) is 0 Å². The molecule has 0 unspecified atom stereocenters. The van der Waals surface area contributed by atoms with Crippen LogP contribution in [0.4, 0.5) is 23.2 Å². The van der Waals surface area contributed by atoms with Crippen LogP contribution in [0.2, 0.25) is 0 Å². The molecule has 0 bridgehead atoms. The van der Waals surface area contributed by atoms with Crippen molar-refractivity contribution in [3.8, 4) is 17.0 Å². The molecule has 170 valence electrons. The van der Waals surface area contributed by atoms with Gasteiger partial charge in [-0.3, -0.25) is 9.78 Å². The molecular formula is C23H16ClF4N3O2. The molecule has 33 heavy (non-hydrogen) atoms. The number of nitrogens with one attached hydrogen (secondary N) is 1. The third-order valence-corrected chi connectivity index (χ3v) is 5.27. The number of halogens is 5. The van der Waals surface area contributed by atoms with Gasteiger partial charge in [0, 0.05) is 23.2 Å². The number of fused-ring (bicyclic) bond motifs is 1. The summed E-state index contributed by atoms with van der Waals surface area (Å²) in [6, 6.07) is 6.95. The minimum Gasteiger partial charge on any atom is -0.481 e. The number of amides is 1. The lowest BCUT2D eigenvalue weighted by molar-refractivity contribution is -0.139. The molecule has 0 saturated heterocycles. The average Bonchev–Trinajstić information content (AvgIpc) is 3.13. The van der Waals surface area contributed by atoms with Crippen molar-refractivity contribution in [3.63, 3.8) is 0 Å². The number of rotatable bonds is 5. The standard InChI is InChI=1S/C23H16ClF4N3O2/c1-33-22-18(23(26,27)28)9-17(11-30-22)31-21(32)7-13-3-2-12(6-19(13)25)15-4-14-5-16(24)8-20(14)29-10-15/h2-6,9-11H,7-8H2,1H3,(H,31,32). The maximum atomic E-state index is 14.7. The minimum absolute atomic E-state index is 0.0887. The fraction of sp³-hybridized carbons (Fsp3) is 0.174. The van der Waals surface area contributed by atoms with Gasteiger partial charge < -0.3 is 10.1 Å². The lowest BCUT2D eigenvalue weighted by Crippen LogP contribution is -2.17. The van der Waals surface area contributed by atoms with E-state index >= 15 is 0 Å². The summed E-state index contributed by atoms with van der Waals surface area (Å²) in [5.74, 6) is -1.93. The molecule has 0 radical (unpaired) electrons. The second kappa shape index (κ2) is 8.82. The Morgan fingerprint density at radius 1 is 1.15 bits per heavy atom. The molecule has 4 rings (SSSR count). The van der Waals surface area contributed by atoms with Crippen LogP contribution in [0, 0.1) is 5.82 Å². The lowest BCUT2D eigenvalue weighted by atomic mass is 10.0. The van der Waals surface area contributed by atoms with E-state index in [4.69, 9.17) is 11.6 Å². The first-order valence-electron chi connectivity index (χ1n) is 9.69. The number of allylic oxidation sites excluding steroid dienone is 1. The fourth-order valence-electron chi connectivity index (χ4n) is 3.46. The summed E-state index contributed by atoms with van der Waals surface area (Å²) in [4.78, 5) is 20.2. The summed E-state index contributed by atoms with van der Waals surface area (Å²) in [6.45, 7) is 0. The molecule has 0 aliphatic heterocycles. The Balaban J connectivity index is 1.49. The molecular weight excluding hydrogens is 462 g/mol. The first-order valence-corrected chi connectivity index (χ1v) is 10.1. The van der Waals surface area contributed by atoms with Gasteiger partial charge in [-0.2, -0.15) is 13.2 Å². The monoisotopic (exact) mass is 477 g/mol. The fourth-order valence-corrected chi connectivity index (χ4v) is 3.70. The van der Waals surface area contributed by atoms with Crippen LogP contribution in [0.3, 0.4) is 0 Å². The molecule has 1 N–H and O–H groups in total. The van der Waals surface area contributed by atoms with E-state index < -0.39 is 29.3 Å². The Morgan fingerprint density at radius 3 is 2.64 bits per heavy atom. The maximum absolute atomic E-state index is 14.7. The Bertz CT molecular complexity index is 1280. The van der Waals surface area contributed by atoms with E-state index in [2.05, 4.69) is 20.0 Å². The van der Waals surface area contributed by atoms with Crippen molar-refractivity contribution >= 4 is 29.3 Å². The van der Waals surface area contributed by atoms with Gasteiger partial charge in [-0.05, 0) is 41.0 Å². The molecule has 3 aromatic rings. The summed E-state index contributed by atoms with van der Waals surface area (Å²) in [6.07, 6.45) is -0.0610. The van der Waals surface area contributed by atoms with Crippen LogP contribution < -0.4 is 10.1 Å². The SMILES string of the molecule is COc1ncc(NC(=O)Cc2ccc(-c3cnc4c(c3)C=C(Cl)C4)cc2F)cc1C(F)(F)F. The lowest BCUT2D eigenvalue weighted by Gasteiger charge is -2.13. The quantitative estimate of drug-likeness (QED) is 0.484. The van der Waals surface area contributed by atoms with Gasteiger partial charge in [-0.1, -0.05) is 23.7 Å². The number of nitrogens with zero attached hydrogens (tertiary/aromatic N) is 2. The van der Waals surface area contributed by atoms with Crippen molar-refractivity contribution in [2.75, 3.05) is 12.4 Å². The Morgan fingerprint density at radius 2 is 1.94 bits per heavy atom. The average molecular weight is 478 g/mol. The number of hydrogen-bond acceptors (Lipinski definition) is 4. The second-order valence-corrected chi connectivity index (χ2v) is 7.82. The van der Waals surface area contributed by atoms with E-state index in [0.29, 0.717) is 28.6 Å². The molecule has 0 spiro atoms. The summed E-state index contributed by atoms with van der Waals surface area (Å²) in [5, 5.41) is 2.98. The number of alkyl halides is 3. The largest absolute Gasteiger partial charge is 0.481 e. The van der Waals surface area contributed by atoms with E-state index in [-0.39, 0.29) is 17.7 Å². The third-order valence-electron chi connectivity index (χ3n) is 5.02. The maximum Gasteiger partial charge on any atom is 0.421 e. The van der Waals surface area contributed by atoms with Gasteiger partial charge in [0.1, 0.15) is 11.4 Å². The van der Waals surface area contributed by atoms with Crippen molar-refractivity contribution < 1.29 is 27.1 Å². The normalized spacial score (nSPS) is 12.8. The van der Waals surface area contributed by atoms with Crippen molar-refractivity contribution in [3.05, 3.63) is 76.0 Å². The zero-order valence-electron chi connectivity index (χ0n) is 17.1. The van der Waals surface area contributed by atoms with Crippen molar-refractivity contribution in [2.45, 2.75) is 19.0 Å². The molecule has 0 fully saturated rings. The number of aromatic nitrogens is 2. The number of ether oxygens (including phenoxy) is 1. The van der Waals surface area contributed by atoms with E-state index in [0.717, 1.165) is 24.6 Å². The van der Waals surface area contributed by atoms with E-state index in [9.17, 15) is 22.4 Å². The van der Waals surface area contributed by atoms with Crippen LogP contribution in [-0.4, -0.2) is 23.0 Å². The minimum atomic E-state index is -4.71. The van der Waals surface area contributed by atoms with Gasteiger partial charge in [-0.15, -0.1) is 0 Å². The van der Waals surface area contributed by atoms with E-state index in [1.54, 1.807) is 18.3 Å². The first kappa shape index (κ1) is 22.7. The summed E-state index contributed by atoms with van der Waals surface area (Å²) in [7, 11) is 1.06. The van der Waals surface area contributed by atoms with E-state index in [1.165, 1.54) is 12.1 Å². The highest BCUT2D eigenvalue weighted by molar-refractivity contribution is 6.32. The predicted octanol–water partition coefficient (Wildman–Crippen LogP) is 5.63. The number of carbonyl (C=O) groups is 1. The topological polar surface area (TPSA) is 64.1 Å². The molecule has 10 heteroatoms. The zero-order valence-corrected chi connectivity index (χ0v) is 17.9.